The number of hydrogen-bond acceptors (Lipinski definition) is 6. The third-order valence-electron chi connectivity index (χ3n) is 7.63. The van der Waals surface area contributed by atoms with E-state index in [-0.39, 0.29) is 17.2 Å². The van der Waals surface area contributed by atoms with Gasteiger partial charge in [-0.25, -0.2) is 9.59 Å². The molecule has 6 nitrogen and oxygen atoms in total. The Balaban J connectivity index is 2.20. The number of rotatable bonds is 19. The summed E-state index contributed by atoms with van der Waals surface area (Å²) in [7, 11) is 2.95. The second-order valence-electron chi connectivity index (χ2n) is 11.3. The van der Waals surface area contributed by atoms with Crippen LogP contribution in [0.25, 0.3) is 11.1 Å². The highest BCUT2D eigenvalue weighted by atomic mass is 16.5. The number of benzene rings is 1. The van der Waals surface area contributed by atoms with Crippen molar-refractivity contribution in [3.05, 3.63) is 46.3 Å². The summed E-state index contributed by atoms with van der Waals surface area (Å²) in [5.74, 6) is -0.449. The Bertz CT molecular complexity index is 1110. The lowest BCUT2D eigenvalue weighted by molar-refractivity contribution is 0.0377. The Hall–Kier alpha value is -2.89. The van der Waals surface area contributed by atoms with Crippen LogP contribution in [0.1, 0.15) is 142 Å². The van der Waals surface area contributed by atoms with Crippen molar-refractivity contribution in [2.24, 2.45) is 0 Å². The van der Waals surface area contributed by atoms with E-state index >= 15 is 0 Å². The Morgan fingerprint density at radius 1 is 0.732 bits per heavy atom. The van der Waals surface area contributed by atoms with Crippen molar-refractivity contribution in [1.82, 2.24) is 4.98 Å². The van der Waals surface area contributed by atoms with Crippen LogP contribution in [-0.4, -0.2) is 37.2 Å². The molecule has 0 aliphatic carbocycles. The molecule has 228 valence electrons. The van der Waals surface area contributed by atoms with Crippen LogP contribution in [-0.2, 0) is 15.9 Å². The van der Waals surface area contributed by atoms with E-state index in [1.807, 2.05) is 12.1 Å². The maximum atomic E-state index is 13.4. The molecule has 1 aromatic carbocycles. The summed E-state index contributed by atoms with van der Waals surface area (Å²) in [5, 5.41) is 0. The van der Waals surface area contributed by atoms with E-state index in [1.54, 1.807) is 34.8 Å². The lowest BCUT2D eigenvalue weighted by Gasteiger charge is -2.22. The summed E-state index contributed by atoms with van der Waals surface area (Å²) < 4.78 is 16.6. The fourth-order valence-corrected chi connectivity index (χ4v) is 5.55. The van der Waals surface area contributed by atoms with Crippen molar-refractivity contribution in [2.75, 3.05) is 14.2 Å². The zero-order valence-electron chi connectivity index (χ0n) is 26.7. The normalized spacial score (nSPS) is 11.1. The molecule has 2 rings (SSSR count). The molecular weight excluding hydrogens is 514 g/mol. The van der Waals surface area contributed by atoms with Gasteiger partial charge in [0.25, 0.3) is 0 Å². The number of unbranched alkanes of at least 4 members (excludes halogenated alkanes) is 12. The highest BCUT2D eigenvalue weighted by Crippen LogP contribution is 2.41. The van der Waals surface area contributed by atoms with Gasteiger partial charge in [0, 0.05) is 11.1 Å². The summed E-state index contributed by atoms with van der Waals surface area (Å²) in [4.78, 5) is 31.0. The van der Waals surface area contributed by atoms with Crippen LogP contribution < -0.4 is 4.74 Å². The first-order chi connectivity index (χ1) is 19.8. The molecule has 41 heavy (non-hydrogen) atoms. The van der Waals surface area contributed by atoms with Gasteiger partial charge >= 0.3 is 11.9 Å². The molecule has 0 aliphatic heterocycles. The monoisotopic (exact) mass is 567 g/mol. The van der Waals surface area contributed by atoms with Gasteiger partial charge in [-0.3, -0.25) is 4.98 Å². The van der Waals surface area contributed by atoms with E-state index in [9.17, 15) is 9.59 Å². The number of hydrogen-bond donors (Lipinski definition) is 0. The molecule has 1 aromatic heterocycles. The van der Waals surface area contributed by atoms with Gasteiger partial charge in [0.05, 0.1) is 42.8 Å². The van der Waals surface area contributed by atoms with Gasteiger partial charge < -0.3 is 14.2 Å². The van der Waals surface area contributed by atoms with Crippen molar-refractivity contribution in [1.29, 1.82) is 0 Å². The van der Waals surface area contributed by atoms with Gasteiger partial charge in [-0.1, -0.05) is 96.1 Å². The summed E-state index contributed by atoms with van der Waals surface area (Å²) in [6.45, 7) is 9.41. The van der Waals surface area contributed by atoms with Gasteiger partial charge in [0.15, 0.2) is 0 Å². The van der Waals surface area contributed by atoms with Crippen LogP contribution in [0.5, 0.6) is 5.75 Å². The van der Waals surface area contributed by atoms with Crippen LogP contribution in [0, 0.1) is 13.8 Å². The molecule has 0 spiro atoms. The fourth-order valence-electron chi connectivity index (χ4n) is 5.55. The van der Waals surface area contributed by atoms with Gasteiger partial charge in [0.2, 0.25) is 0 Å². The van der Waals surface area contributed by atoms with Crippen LogP contribution in [0.4, 0.5) is 0 Å². The number of methoxy groups -OCH3 is 2. The van der Waals surface area contributed by atoms with Gasteiger partial charge in [-0.2, -0.15) is 0 Å². The van der Waals surface area contributed by atoms with E-state index in [4.69, 9.17) is 14.2 Å². The minimum absolute atomic E-state index is 0.268. The molecule has 0 amide bonds. The Morgan fingerprint density at radius 2 is 1.24 bits per heavy atom. The molecule has 1 heterocycles. The second kappa shape index (κ2) is 18.5. The number of esters is 2. The average Bonchev–Trinajstić information content (AvgIpc) is 2.94. The first kappa shape index (κ1) is 34.3. The van der Waals surface area contributed by atoms with E-state index < -0.39 is 11.9 Å². The molecule has 0 fully saturated rings. The molecule has 0 bridgehead atoms. The predicted octanol–water partition coefficient (Wildman–Crippen LogP) is 9.36. The minimum atomic E-state index is -0.540. The van der Waals surface area contributed by atoms with Crippen LogP contribution in [0.2, 0.25) is 0 Å². The van der Waals surface area contributed by atoms with Crippen molar-refractivity contribution < 1.29 is 23.8 Å². The topological polar surface area (TPSA) is 74.7 Å². The fraction of sp³-hybridized carbons (Fsp3) is 0.629. The Labute approximate surface area is 248 Å². The molecule has 6 heteroatoms. The quantitative estimate of drug-likeness (QED) is 0.124. The van der Waals surface area contributed by atoms with E-state index in [2.05, 4.69) is 18.0 Å². The minimum Gasteiger partial charge on any atom is -0.496 e. The molecule has 0 saturated heterocycles. The summed E-state index contributed by atoms with van der Waals surface area (Å²) in [6, 6.07) is 5.89. The zero-order chi connectivity index (χ0) is 30.2. The largest absolute Gasteiger partial charge is 0.496 e. The first-order valence-electron chi connectivity index (χ1n) is 15.7. The molecular formula is C35H53NO5. The lowest BCUT2D eigenvalue weighted by Crippen LogP contribution is -2.19. The maximum absolute atomic E-state index is 13.4. The van der Waals surface area contributed by atoms with Gasteiger partial charge in [-0.05, 0) is 52.2 Å². The maximum Gasteiger partial charge on any atom is 0.340 e. The molecule has 0 N–H and O–H groups in total. The standard InChI is InChI=1S/C35H53NO5/c1-8-9-10-11-12-13-14-15-16-17-18-19-20-22-28-23-21-24-29(39-6)32(28)33-30(34(37)40-7)26(4)36-27(5)31(33)35(38)41-25(2)3/h21,23-25H,8-20,22H2,1-7H3. The molecule has 0 aliphatic rings. The number of nitrogens with zero attached hydrogens (tertiary/aromatic N) is 1. The molecule has 0 radical (unpaired) electrons. The molecule has 0 atom stereocenters. The van der Waals surface area contributed by atoms with Crippen molar-refractivity contribution >= 4 is 11.9 Å². The summed E-state index contributed by atoms with van der Waals surface area (Å²) in [6.07, 6.45) is 17.3. The van der Waals surface area contributed by atoms with Crippen molar-refractivity contribution in [3.63, 3.8) is 0 Å². The number of aromatic nitrogens is 1. The highest BCUT2D eigenvalue weighted by Gasteiger charge is 2.30. The summed E-state index contributed by atoms with van der Waals surface area (Å²) in [5.41, 5.74) is 3.80. The van der Waals surface area contributed by atoms with Crippen LogP contribution in [0.15, 0.2) is 18.2 Å². The first-order valence-corrected chi connectivity index (χ1v) is 15.7. The number of carbonyl (C=O) groups excluding carboxylic acids is 2. The van der Waals surface area contributed by atoms with Crippen LogP contribution >= 0.6 is 0 Å². The summed E-state index contributed by atoms with van der Waals surface area (Å²) >= 11 is 0. The second-order valence-corrected chi connectivity index (χ2v) is 11.3. The van der Waals surface area contributed by atoms with Crippen LogP contribution in [0.3, 0.4) is 0 Å². The van der Waals surface area contributed by atoms with E-state index in [0.717, 1.165) is 30.4 Å². The van der Waals surface area contributed by atoms with E-state index in [0.29, 0.717) is 22.7 Å². The van der Waals surface area contributed by atoms with E-state index in [1.165, 1.54) is 77.7 Å². The number of pyridine rings is 1. The third kappa shape index (κ3) is 10.5. The Morgan fingerprint density at radius 3 is 1.73 bits per heavy atom. The number of aryl methyl sites for hydroxylation is 3. The smallest absolute Gasteiger partial charge is 0.340 e. The molecule has 0 saturated carbocycles. The predicted molar refractivity (Wildman–Crippen MR) is 167 cm³/mol. The van der Waals surface area contributed by atoms with Gasteiger partial charge in [0.1, 0.15) is 5.75 Å². The zero-order valence-corrected chi connectivity index (χ0v) is 26.7. The lowest BCUT2D eigenvalue weighted by atomic mass is 9.87. The third-order valence-corrected chi connectivity index (χ3v) is 7.63. The molecule has 0 unspecified atom stereocenters. The van der Waals surface area contributed by atoms with Crippen molar-refractivity contribution in [2.45, 2.75) is 131 Å². The van der Waals surface area contributed by atoms with Crippen molar-refractivity contribution in [3.8, 4) is 16.9 Å². The SMILES string of the molecule is CCCCCCCCCCCCCCCc1cccc(OC)c1-c1c(C(=O)OC)c(C)nc(C)c1C(=O)OC(C)C. The van der Waals surface area contributed by atoms with Gasteiger partial charge in [-0.15, -0.1) is 0 Å². The number of carbonyl (C=O) groups is 2. The molecule has 2 aromatic rings. The Kier molecular flexibility index (Phi) is 15.5. The average molecular weight is 568 g/mol. The number of ether oxygens (including phenoxy) is 3. The highest BCUT2D eigenvalue weighted by molar-refractivity contribution is 6.08.